The molecule has 0 aliphatic carbocycles. The first-order valence-electron chi connectivity index (χ1n) is 5.77. The molecule has 3 nitrogen and oxygen atoms in total. The highest BCUT2D eigenvalue weighted by Gasteiger charge is 2.08. The number of alkyl halides is 1. The van der Waals surface area contributed by atoms with Gasteiger partial charge >= 0.3 is 0 Å². The molecule has 0 saturated carbocycles. The lowest BCUT2D eigenvalue weighted by atomic mass is 10.2. The van der Waals surface area contributed by atoms with Gasteiger partial charge in [-0.15, -0.1) is 0 Å². The number of rotatable bonds is 4. The topological polar surface area (TPSA) is 42.2 Å². The molecule has 0 heterocycles. The van der Waals surface area contributed by atoms with Gasteiger partial charge in [0, 0.05) is 22.0 Å². The van der Waals surface area contributed by atoms with Gasteiger partial charge in [0.05, 0.1) is 18.7 Å². The van der Waals surface area contributed by atoms with Gasteiger partial charge in [-0.1, -0.05) is 33.6 Å². The predicted octanol–water partition coefficient (Wildman–Crippen LogP) is 4.91. The van der Waals surface area contributed by atoms with Crippen LogP contribution in [-0.4, -0.2) is 7.11 Å². The Morgan fingerprint density at radius 1 is 1.20 bits per heavy atom. The average Bonchev–Trinajstić information content (AvgIpc) is 2.47. The van der Waals surface area contributed by atoms with Gasteiger partial charge in [-0.25, -0.2) is 0 Å². The van der Waals surface area contributed by atoms with Crippen molar-refractivity contribution in [3.8, 4) is 23.3 Å². The number of hydrogen-bond donors (Lipinski definition) is 0. The van der Waals surface area contributed by atoms with E-state index < -0.39 is 0 Å². The fraction of sp³-hybridized carbons (Fsp3) is 0.133. The van der Waals surface area contributed by atoms with Gasteiger partial charge in [0.2, 0.25) is 0 Å². The molecular weight excluding hydrogens is 342 g/mol. The molecule has 0 atom stereocenters. The monoisotopic (exact) mass is 351 g/mol. The van der Waals surface area contributed by atoms with Crippen LogP contribution in [0.15, 0.2) is 36.4 Å². The standard InChI is InChI=1S/C15H11BrClNO2/c1-19-13-4-10(9-18)5-14(7-13)20-15-6-12(17)3-2-11(15)8-16/h2-7H,8H2,1H3. The largest absolute Gasteiger partial charge is 0.497 e. The van der Waals surface area contributed by atoms with E-state index in [0.29, 0.717) is 33.2 Å². The normalized spacial score (nSPS) is 9.90. The van der Waals surface area contributed by atoms with Crippen molar-refractivity contribution < 1.29 is 9.47 Å². The van der Waals surface area contributed by atoms with E-state index in [0.717, 1.165) is 5.56 Å². The van der Waals surface area contributed by atoms with Crippen LogP contribution in [-0.2, 0) is 5.33 Å². The summed E-state index contributed by atoms with van der Waals surface area (Å²) in [6, 6.07) is 12.5. The maximum atomic E-state index is 9.00. The summed E-state index contributed by atoms with van der Waals surface area (Å²) in [5.74, 6) is 1.75. The van der Waals surface area contributed by atoms with Gasteiger partial charge in [0.25, 0.3) is 0 Å². The Labute approximate surface area is 130 Å². The van der Waals surface area contributed by atoms with Gasteiger partial charge in [-0.05, 0) is 24.3 Å². The molecule has 0 fully saturated rings. The number of methoxy groups -OCH3 is 1. The zero-order chi connectivity index (χ0) is 14.5. The molecule has 2 rings (SSSR count). The second-order valence-corrected chi connectivity index (χ2v) is 4.99. The van der Waals surface area contributed by atoms with Crippen molar-refractivity contribution in [2.24, 2.45) is 0 Å². The number of ether oxygens (including phenoxy) is 2. The Bertz CT molecular complexity index is 667. The van der Waals surface area contributed by atoms with Crippen molar-refractivity contribution >= 4 is 27.5 Å². The van der Waals surface area contributed by atoms with Crippen molar-refractivity contribution in [3.05, 3.63) is 52.5 Å². The first-order valence-corrected chi connectivity index (χ1v) is 7.27. The van der Waals surface area contributed by atoms with Crippen molar-refractivity contribution in [2.45, 2.75) is 5.33 Å². The minimum absolute atomic E-state index is 0.474. The minimum atomic E-state index is 0.474. The zero-order valence-electron chi connectivity index (χ0n) is 10.7. The highest BCUT2D eigenvalue weighted by molar-refractivity contribution is 9.08. The van der Waals surface area contributed by atoms with Crippen LogP contribution in [0.1, 0.15) is 11.1 Å². The molecule has 0 aromatic heterocycles. The third-order valence-electron chi connectivity index (χ3n) is 2.65. The molecule has 0 aliphatic heterocycles. The molecule has 0 saturated heterocycles. The van der Waals surface area contributed by atoms with E-state index in [4.69, 9.17) is 26.3 Å². The van der Waals surface area contributed by atoms with Crippen molar-refractivity contribution in [1.82, 2.24) is 0 Å². The lowest BCUT2D eigenvalue weighted by Gasteiger charge is -2.11. The lowest BCUT2D eigenvalue weighted by Crippen LogP contribution is -1.92. The molecule has 20 heavy (non-hydrogen) atoms. The third kappa shape index (κ3) is 3.44. The fourth-order valence-electron chi connectivity index (χ4n) is 1.67. The van der Waals surface area contributed by atoms with Crippen LogP contribution in [0.3, 0.4) is 0 Å². The number of nitrogens with zero attached hydrogens (tertiary/aromatic N) is 1. The average molecular weight is 353 g/mol. The van der Waals surface area contributed by atoms with Crippen molar-refractivity contribution in [3.63, 3.8) is 0 Å². The molecule has 2 aromatic rings. The fourth-order valence-corrected chi connectivity index (χ4v) is 2.30. The second-order valence-electron chi connectivity index (χ2n) is 4.00. The molecule has 0 bridgehead atoms. The Morgan fingerprint density at radius 2 is 1.95 bits per heavy atom. The summed E-state index contributed by atoms with van der Waals surface area (Å²) in [6.45, 7) is 0. The highest BCUT2D eigenvalue weighted by Crippen LogP contribution is 2.32. The molecule has 0 unspecified atom stereocenters. The molecule has 0 amide bonds. The van der Waals surface area contributed by atoms with Gasteiger partial charge in [0.1, 0.15) is 17.2 Å². The second kappa shape index (κ2) is 6.65. The maximum Gasteiger partial charge on any atom is 0.132 e. The summed E-state index contributed by atoms with van der Waals surface area (Å²) >= 11 is 9.39. The summed E-state index contributed by atoms with van der Waals surface area (Å²) in [5, 5.41) is 10.2. The molecule has 102 valence electrons. The van der Waals surface area contributed by atoms with Crippen molar-refractivity contribution in [1.29, 1.82) is 5.26 Å². The number of hydrogen-bond acceptors (Lipinski definition) is 3. The van der Waals surface area contributed by atoms with Crippen molar-refractivity contribution in [2.75, 3.05) is 7.11 Å². The molecular formula is C15H11BrClNO2. The van der Waals surface area contributed by atoms with Crippen LogP contribution in [0.5, 0.6) is 17.2 Å². The van der Waals surface area contributed by atoms with E-state index in [2.05, 4.69) is 22.0 Å². The Hall–Kier alpha value is -1.70. The Morgan fingerprint density at radius 3 is 2.60 bits per heavy atom. The summed E-state index contributed by atoms with van der Waals surface area (Å²) in [4.78, 5) is 0. The van der Waals surface area contributed by atoms with E-state index in [1.54, 1.807) is 37.4 Å². The van der Waals surface area contributed by atoms with E-state index >= 15 is 0 Å². The van der Waals surface area contributed by atoms with E-state index in [1.165, 1.54) is 0 Å². The first kappa shape index (κ1) is 14.7. The number of benzene rings is 2. The van der Waals surface area contributed by atoms with E-state index in [1.807, 2.05) is 6.07 Å². The molecule has 0 aliphatic rings. The predicted molar refractivity (Wildman–Crippen MR) is 81.9 cm³/mol. The van der Waals surface area contributed by atoms with Crippen LogP contribution in [0.25, 0.3) is 0 Å². The Kier molecular flexibility index (Phi) is 4.89. The van der Waals surface area contributed by atoms with E-state index in [9.17, 15) is 0 Å². The summed E-state index contributed by atoms with van der Waals surface area (Å²) in [6.07, 6.45) is 0. The summed E-state index contributed by atoms with van der Waals surface area (Å²) in [7, 11) is 1.55. The van der Waals surface area contributed by atoms with E-state index in [-0.39, 0.29) is 0 Å². The van der Waals surface area contributed by atoms with Crippen LogP contribution < -0.4 is 9.47 Å². The number of nitriles is 1. The molecule has 5 heteroatoms. The zero-order valence-corrected chi connectivity index (χ0v) is 13.0. The molecule has 2 aromatic carbocycles. The summed E-state index contributed by atoms with van der Waals surface area (Å²) in [5.41, 5.74) is 1.44. The molecule has 0 radical (unpaired) electrons. The molecule has 0 N–H and O–H groups in total. The maximum absolute atomic E-state index is 9.00. The van der Waals surface area contributed by atoms with Gasteiger partial charge in [-0.3, -0.25) is 0 Å². The smallest absolute Gasteiger partial charge is 0.132 e. The highest BCUT2D eigenvalue weighted by atomic mass is 79.9. The third-order valence-corrected chi connectivity index (χ3v) is 3.49. The van der Waals surface area contributed by atoms with Crippen LogP contribution in [0.4, 0.5) is 0 Å². The van der Waals surface area contributed by atoms with Gasteiger partial charge in [0.15, 0.2) is 0 Å². The van der Waals surface area contributed by atoms with Crippen LogP contribution in [0, 0.1) is 11.3 Å². The Balaban J connectivity index is 2.39. The first-order chi connectivity index (χ1) is 9.66. The van der Waals surface area contributed by atoms with Crippen LogP contribution in [0.2, 0.25) is 5.02 Å². The summed E-state index contributed by atoms with van der Waals surface area (Å²) < 4.78 is 11.0. The van der Waals surface area contributed by atoms with Gasteiger partial charge in [-0.2, -0.15) is 5.26 Å². The van der Waals surface area contributed by atoms with Gasteiger partial charge < -0.3 is 9.47 Å². The SMILES string of the molecule is COc1cc(C#N)cc(Oc2cc(Cl)ccc2CBr)c1. The number of halogens is 2. The lowest BCUT2D eigenvalue weighted by molar-refractivity contribution is 0.408. The molecule has 0 spiro atoms. The quantitative estimate of drug-likeness (QED) is 0.734. The van der Waals surface area contributed by atoms with Crippen LogP contribution >= 0.6 is 27.5 Å². The minimum Gasteiger partial charge on any atom is -0.497 e.